The summed E-state index contributed by atoms with van der Waals surface area (Å²) in [5, 5.41) is 3.31. The summed E-state index contributed by atoms with van der Waals surface area (Å²) in [6, 6.07) is 7.01. The molecular weight excluding hydrogens is 224 g/mol. The van der Waals surface area contributed by atoms with Crippen LogP contribution in [0.4, 0.5) is 0 Å². The van der Waals surface area contributed by atoms with Crippen molar-refractivity contribution in [2.24, 2.45) is 5.73 Å². The minimum Gasteiger partial charge on any atom is -0.350 e. The third kappa shape index (κ3) is 2.36. The third-order valence-corrected chi connectivity index (χ3v) is 3.40. The average molecular weight is 239 g/mol. The van der Waals surface area contributed by atoms with Crippen molar-refractivity contribution in [2.75, 3.05) is 6.54 Å². The van der Waals surface area contributed by atoms with Crippen molar-refractivity contribution in [2.45, 2.75) is 24.8 Å². The molecule has 16 heavy (non-hydrogen) atoms. The largest absolute Gasteiger partial charge is 0.350 e. The topological polar surface area (TPSA) is 55.1 Å². The second kappa shape index (κ2) is 4.44. The molecule has 1 saturated carbocycles. The Morgan fingerprint density at radius 2 is 2.12 bits per heavy atom. The standard InChI is InChI=1S/C12H15ClN2O/c13-10-5-2-1-4-9(10)11(16)15-8-12(14)6-3-7-12/h1-2,4-5H,3,6-8,14H2,(H,15,16). The monoisotopic (exact) mass is 238 g/mol. The van der Waals surface area contributed by atoms with Crippen molar-refractivity contribution in [3.8, 4) is 0 Å². The Bertz CT molecular complexity index is 402. The first-order valence-electron chi connectivity index (χ1n) is 5.42. The molecule has 0 spiro atoms. The molecule has 0 aromatic heterocycles. The van der Waals surface area contributed by atoms with Gasteiger partial charge in [-0.05, 0) is 31.4 Å². The first-order chi connectivity index (χ1) is 7.61. The fourth-order valence-electron chi connectivity index (χ4n) is 1.80. The Morgan fingerprint density at radius 1 is 1.44 bits per heavy atom. The molecule has 0 bridgehead atoms. The molecule has 0 atom stereocenters. The normalized spacial score (nSPS) is 17.6. The lowest BCUT2D eigenvalue weighted by Crippen LogP contribution is -2.54. The van der Waals surface area contributed by atoms with Crippen molar-refractivity contribution < 1.29 is 4.79 Å². The van der Waals surface area contributed by atoms with E-state index in [4.69, 9.17) is 17.3 Å². The van der Waals surface area contributed by atoms with Gasteiger partial charge in [-0.15, -0.1) is 0 Å². The minimum absolute atomic E-state index is 0.151. The molecule has 2 rings (SSSR count). The Morgan fingerprint density at radius 3 is 2.69 bits per heavy atom. The van der Waals surface area contributed by atoms with E-state index >= 15 is 0 Å². The molecule has 1 aliphatic carbocycles. The van der Waals surface area contributed by atoms with E-state index in [2.05, 4.69) is 5.32 Å². The molecular formula is C12H15ClN2O. The van der Waals surface area contributed by atoms with E-state index in [1.807, 2.05) is 0 Å². The Hall–Kier alpha value is -1.06. The number of carbonyl (C=O) groups is 1. The molecule has 0 saturated heterocycles. The maximum Gasteiger partial charge on any atom is 0.252 e. The maximum atomic E-state index is 11.8. The average Bonchev–Trinajstić information content (AvgIpc) is 2.24. The predicted molar refractivity (Wildman–Crippen MR) is 64.6 cm³/mol. The molecule has 0 unspecified atom stereocenters. The summed E-state index contributed by atoms with van der Waals surface area (Å²) in [4.78, 5) is 11.8. The molecule has 1 amide bonds. The molecule has 3 nitrogen and oxygen atoms in total. The molecule has 0 radical (unpaired) electrons. The molecule has 3 N–H and O–H groups in total. The van der Waals surface area contributed by atoms with Gasteiger partial charge in [-0.25, -0.2) is 0 Å². The lowest BCUT2D eigenvalue weighted by atomic mass is 9.78. The molecule has 4 heteroatoms. The fourth-order valence-corrected chi connectivity index (χ4v) is 2.03. The van der Waals surface area contributed by atoms with Gasteiger partial charge in [-0.1, -0.05) is 23.7 Å². The van der Waals surface area contributed by atoms with E-state index in [1.165, 1.54) is 0 Å². The van der Waals surface area contributed by atoms with Crippen molar-refractivity contribution >= 4 is 17.5 Å². The summed E-state index contributed by atoms with van der Waals surface area (Å²) in [5.41, 5.74) is 6.33. The quantitative estimate of drug-likeness (QED) is 0.846. The molecule has 0 heterocycles. The minimum atomic E-state index is -0.198. The maximum absolute atomic E-state index is 11.8. The number of nitrogens with two attached hydrogens (primary N) is 1. The molecule has 1 aromatic carbocycles. The summed E-state index contributed by atoms with van der Waals surface area (Å²) in [7, 11) is 0. The number of benzene rings is 1. The number of nitrogens with one attached hydrogen (secondary N) is 1. The van der Waals surface area contributed by atoms with Crippen LogP contribution in [0.1, 0.15) is 29.6 Å². The number of rotatable bonds is 3. The van der Waals surface area contributed by atoms with Crippen LogP contribution in [-0.2, 0) is 0 Å². The SMILES string of the molecule is NC1(CNC(=O)c2ccccc2Cl)CCC1. The zero-order valence-electron chi connectivity index (χ0n) is 9.00. The smallest absolute Gasteiger partial charge is 0.252 e. The summed E-state index contributed by atoms with van der Waals surface area (Å²) < 4.78 is 0. The number of halogens is 1. The van der Waals surface area contributed by atoms with Gasteiger partial charge >= 0.3 is 0 Å². The molecule has 0 aliphatic heterocycles. The van der Waals surface area contributed by atoms with E-state index in [1.54, 1.807) is 24.3 Å². The van der Waals surface area contributed by atoms with Crippen molar-refractivity contribution in [1.29, 1.82) is 0 Å². The van der Waals surface area contributed by atoms with Crippen molar-refractivity contribution in [3.05, 3.63) is 34.9 Å². The number of amides is 1. The number of hydrogen-bond acceptors (Lipinski definition) is 2. The fraction of sp³-hybridized carbons (Fsp3) is 0.417. The molecule has 1 aliphatic rings. The van der Waals surface area contributed by atoms with Gasteiger partial charge in [0.2, 0.25) is 0 Å². The van der Waals surface area contributed by atoms with Gasteiger partial charge in [0.25, 0.3) is 5.91 Å². The molecule has 86 valence electrons. The van der Waals surface area contributed by atoms with Gasteiger partial charge in [-0.3, -0.25) is 4.79 Å². The lowest BCUT2D eigenvalue weighted by Gasteiger charge is -2.38. The van der Waals surface area contributed by atoms with Gasteiger partial charge < -0.3 is 11.1 Å². The summed E-state index contributed by atoms with van der Waals surface area (Å²) >= 11 is 5.92. The predicted octanol–water partition coefficient (Wildman–Crippen LogP) is 1.95. The van der Waals surface area contributed by atoms with Crippen molar-refractivity contribution in [3.63, 3.8) is 0 Å². The van der Waals surface area contributed by atoms with Gasteiger partial charge in [0.05, 0.1) is 10.6 Å². The van der Waals surface area contributed by atoms with E-state index in [9.17, 15) is 4.79 Å². The van der Waals surface area contributed by atoms with E-state index in [0.29, 0.717) is 17.1 Å². The summed E-state index contributed by atoms with van der Waals surface area (Å²) in [5.74, 6) is -0.151. The van der Waals surface area contributed by atoms with E-state index in [-0.39, 0.29) is 11.4 Å². The van der Waals surface area contributed by atoms with E-state index in [0.717, 1.165) is 19.3 Å². The van der Waals surface area contributed by atoms with Gasteiger partial charge in [0.1, 0.15) is 0 Å². The summed E-state index contributed by atoms with van der Waals surface area (Å²) in [6.45, 7) is 0.525. The van der Waals surface area contributed by atoms with Crippen LogP contribution in [0.2, 0.25) is 5.02 Å². The van der Waals surface area contributed by atoms with Crippen LogP contribution in [-0.4, -0.2) is 18.0 Å². The highest BCUT2D eigenvalue weighted by Crippen LogP contribution is 2.28. The van der Waals surface area contributed by atoms with Crippen LogP contribution < -0.4 is 11.1 Å². The number of hydrogen-bond donors (Lipinski definition) is 2. The van der Waals surface area contributed by atoms with Gasteiger partial charge in [0.15, 0.2) is 0 Å². The van der Waals surface area contributed by atoms with Crippen LogP contribution >= 0.6 is 11.6 Å². The lowest BCUT2D eigenvalue weighted by molar-refractivity contribution is 0.0930. The first-order valence-corrected chi connectivity index (χ1v) is 5.80. The number of carbonyl (C=O) groups excluding carboxylic acids is 1. The first kappa shape index (κ1) is 11.4. The highest BCUT2D eigenvalue weighted by molar-refractivity contribution is 6.33. The zero-order valence-corrected chi connectivity index (χ0v) is 9.76. The van der Waals surface area contributed by atoms with Crippen LogP contribution in [0.3, 0.4) is 0 Å². The molecule has 1 fully saturated rings. The zero-order chi connectivity index (χ0) is 11.6. The second-order valence-corrected chi connectivity index (χ2v) is 4.79. The van der Waals surface area contributed by atoms with Gasteiger partial charge in [0, 0.05) is 12.1 Å². The van der Waals surface area contributed by atoms with Crippen LogP contribution in [0.5, 0.6) is 0 Å². The van der Waals surface area contributed by atoms with Crippen LogP contribution in [0.25, 0.3) is 0 Å². The Balaban J connectivity index is 1.96. The van der Waals surface area contributed by atoms with Crippen LogP contribution in [0.15, 0.2) is 24.3 Å². The Kier molecular flexibility index (Phi) is 3.17. The Labute approximate surface area is 100.0 Å². The van der Waals surface area contributed by atoms with Crippen molar-refractivity contribution in [1.82, 2.24) is 5.32 Å². The van der Waals surface area contributed by atoms with Gasteiger partial charge in [-0.2, -0.15) is 0 Å². The van der Waals surface area contributed by atoms with E-state index < -0.39 is 0 Å². The third-order valence-electron chi connectivity index (χ3n) is 3.07. The highest BCUT2D eigenvalue weighted by Gasteiger charge is 2.32. The highest BCUT2D eigenvalue weighted by atomic mass is 35.5. The molecule has 1 aromatic rings. The second-order valence-electron chi connectivity index (χ2n) is 4.38. The van der Waals surface area contributed by atoms with Crippen LogP contribution in [0, 0.1) is 0 Å². The summed E-state index contributed by atoms with van der Waals surface area (Å²) in [6.07, 6.45) is 3.12.